The van der Waals surface area contributed by atoms with Gasteiger partial charge in [-0.2, -0.15) is 0 Å². The highest BCUT2D eigenvalue weighted by atomic mass is 35.5. The molecule has 208 valence electrons. The summed E-state index contributed by atoms with van der Waals surface area (Å²) in [6, 6.07) is 12.5. The van der Waals surface area contributed by atoms with Gasteiger partial charge < -0.3 is 24.4 Å². The van der Waals surface area contributed by atoms with Crippen LogP contribution in [0.4, 0.5) is 5.69 Å². The molecule has 1 N–H and O–H groups in total. The number of likely N-dealkylation sites (tertiary alicyclic amines) is 1. The molecule has 0 radical (unpaired) electrons. The Morgan fingerprint density at radius 1 is 1.02 bits per heavy atom. The number of cyclic esters (lactones) is 1. The molecule has 1 unspecified atom stereocenters. The average molecular weight is 563 g/mol. The molecule has 9 heteroatoms. The van der Waals surface area contributed by atoms with Crippen LogP contribution >= 0.6 is 11.6 Å². The minimum atomic E-state index is -1.47. The molecule has 0 aromatic heterocycles. The van der Waals surface area contributed by atoms with Crippen molar-refractivity contribution in [3.05, 3.63) is 89.0 Å². The lowest BCUT2D eigenvalue weighted by Crippen LogP contribution is -2.57. The number of aryl methyl sites for hydroxylation is 1. The van der Waals surface area contributed by atoms with Crippen molar-refractivity contribution in [3.8, 4) is 0 Å². The number of benzene rings is 2. The van der Waals surface area contributed by atoms with Gasteiger partial charge in [-0.05, 0) is 36.6 Å². The number of carbonyl (C=O) groups is 3. The zero-order valence-corrected chi connectivity index (χ0v) is 23.1. The third-order valence-electron chi connectivity index (χ3n) is 8.78. The lowest BCUT2D eigenvalue weighted by molar-refractivity contribution is -0.159. The number of carbonyl (C=O) groups excluding carboxylic acids is 3. The molecule has 2 fully saturated rings. The molecule has 40 heavy (non-hydrogen) atoms. The Hall–Kier alpha value is -3.46. The molecule has 6 atom stereocenters. The van der Waals surface area contributed by atoms with Crippen LogP contribution in [0.3, 0.4) is 0 Å². The summed E-state index contributed by atoms with van der Waals surface area (Å²) in [6.45, 7) is 3.62. The van der Waals surface area contributed by atoms with Crippen molar-refractivity contribution < 1.29 is 29.0 Å². The lowest BCUT2D eigenvalue weighted by Gasteiger charge is -2.41. The topological polar surface area (TPSA) is 96.4 Å². The van der Waals surface area contributed by atoms with Crippen LogP contribution in [0, 0.1) is 18.8 Å². The highest BCUT2D eigenvalue weighted by molar-refractivity contribution is 6.34. The van der Waals surface area contributed by atoms with E-state index in [4.69, 9.17) is 21.1 Å². The quantitative estimate of drug-likeness (QED) is 0.440. The number of para-hydroxylation sites is 1. The van der Waals surface area contributed by atoms with Crippen LogP contribution in [-0.4, -0.2) is 64.8 Å². The first-order chi connectivity index (χ1) is 19.3. The number of amides is 2. The zero-order chi connectivity index (χ0) is 28.2. The van der Waals surface area contributed by atoms with Crippen LogP contribution < -0.4 is 4.90 Å². The Morgan fingerprint density at radius 3 is 2.50 bits per heavy atom. The number of hydrogen-bond acceptors (Lipinski definition) is 6. The number of ether oxygens (including phenoxy) is 2. The largest absolute Gasteiger partial charge is 0.461 e. The Balaban J connectivity index is 1.57. The molecule has 0 bridgehead atoms. The predicted octanol–water partition coefficient (Wildman–Crippen LogP) is 3.76. The maximum Gasteiger partial charge on any atom is 0.313 e. The van der Waals surface area contributed by atoms with Crippen LogP contribution in [-0.2, 0) is 23.9 Å². The van der Waals surface area contributed by atoms with Crippen LogP contribution in [0.2, 0.25) is 5.02 Å². The maximum atomic E-state index is 14.8. The molecule has 2 aromatic rings. The number of aliphatic hydroxyl groups is 1. The summed E-state index contributed by atoms with van der Waals surface area (Å²) in [5, 5.41) is 11.1. The van der Waals surface area contributed by atoms with Gasteiger partial charge in [0, 0.05) is 6.54 Å². The van der Waals surface area contributed by atoms with E-state index < -0.39 is 59.5 Å². The molecular formula is C31H31ClN2O6. The summed E-state index contributed by atoms with van der Waals surface area (Å²) in [4.78, 5) is 45.8. The number of nitrogens with zero attached hydrogens (tertiary/aromatic N) is 2. The van der Waals surface area contributed by atoms with Gasteiger partial charge in [0.2, 0.25) is 5.91 Å². The summed E-state index contributed by atoms with van der Waals surface area (Å²) in [5.74, 6) is -3.36. The van der Waals surface area contributed by atoms with E-state index in [0.29, 0.717) is 22.7 Å². The van der Waals surface area contributed by atoms with Crippen molar-refractivity contribution in [2.45, 2.75) is 43.6 Å². The van der Waals surface area contributed by atoms with Gasteiger partial charge in [-0.15, -0.1) is 0 Å². The van der Waals surface area contributed by atoms with E-state index in [9.17, 15) is 19.5 Å². The number of hydrogen-bond donors (Lipinski definition) is 1. The highest BCUT2D eigenvalue weighted by Gasteiger charge is 2.76. The molecule has 4 heterocycles. The third kappa shape index (κ3) is 3.70. The fraction of sp³-hybridized carbons (Fsp3) is 0.387. The Bertz CT molecular complexity index is 1410. The normalized spacial score (nSPS) is 31.8. The van der Waals surface area contributed by atoms with Crippen LogP contribution in [0.5, 0.6) is 0 Å². The second kappa shape index (κ2) is 9.87. The minimum Gasteiger partial charge on any atom is -0.461 e. The summed E-state index contributed by atoms with van der Waals surface area (Å²) >= 11 is 6.63. The van der Waals surface area contributed by atoms with Crippen molar-refractivity contribution in [1.82, 2.24) is 4.90 Å². The van der Waals surface area contributed by atoms with E-state index in [1.54, 1.807) is 23.1 Å². The van der Waals surface area contributed by atoms with Gasteiger partial charge in [0.05, 0.1) is 29.3 Å². The van der Waals surface area contributed by atoms with E-state index in [-0.39, 0.29) is 13.2 Å². The number of rotatable bonds is 5. The molecule has 8 nitrogen and oxygen atoms in total. The van der Waals surface area contributed by atoms with Gasteiger partial charge >= 0.3 is 5.97 Å². The Kier molecular flexibility index (Phi) is 6.60. The zero-order valence-electron chi connectivity index (χ0n) is 22.3. The molecule has 2 saturated heterocycles. The second-order valence-electron chi connectivity index (χ2n) is 10.8. The van der Waals surface area contributed by atoms with E-state index >= 15 is 0 Å². The average Bonchev–Trinajstić information content (AvgIpc) is 3.23. The molecule has 0 saturated carbocycles. The number of halogens is 1. The molecule has 4 aliphatic heterocycles. The van der Waals surface area contributed by atoms with Gasteiger partial charge in [-0.25, -0.2) is 0 Å². The molecule has 2 aromatic carbocycles. The van der Waals surface area contributed by atoms with Crippen molar-refractivity contribution in [1.29, 1.82) is 0 Å². The van der Waals surface area contributed by atoms with Crippen LogP contribution in [0.1, 0.15) is 30.5 Å². The predicted molar refractivity (Wildman–Crippen MR) is 149 cm³/mol. The monoisotopic (exact) mass is 562 g/mol. The van der Waals surface area contributed by atoms with E-state index in [1.807, 2.05) is 68.5 Å². The summed E-state index contributed by atoms with van der Waals surface area (Å²) in [7, 11) is 0. The molecular weight excluding hydrogens is 532 g/mol. The molecule has 0 aliphatic carbocycles. The van der Waals surface area contributed by atoms with Gasteiger partial charge in [-0.1, -0.05) is 79.2 Å². The fourth-order valence-corrected chi connectivity index (χ4v) is 7.39. The van der Waals surface area contributed by atoms with E-state index in [1.165, 1.54) is 4.90 Å². The van der Waals surface area contributed by atoms with Gasteiger partial charge in [0.15, 0.2) is 0 Å². The highest BCUT2D eigenvalue weighted by Crippen LogP contribution is 2.59. The van der Waals surface area contributed by atoms with Crippen LogP contribution in [0.25, 0.3) is 0 Å². The van der Waals surface area contributed by atoms with Crippen molar-refractivity contribution >= 4 is 35.1 Å². The van der Waals surface area contributed by atoms with Crippen molar-refractivity contribution in [3.63, 3.8) is 0 Å². The van der Waals surface area contributed by atoms with Gasteiger partial charge in [0.25, 0.3) is 5.91 Å². The molecule has 2 amide bonds. The Morgan fingerprint density at radius 2 is 1.80 bits per heavy atom. The van der Waals surface area contributed by atoms with Gasteiger partial charge in [0.1, 0.15) is 29.8 Å². The first-order valence-electron chi connectivity index (χ1n) is 13.6. The second-order valence-corrected chi connectivity index (χ2v) is 11.2. The lowest BCUT2D eigenvalue weighted by atomic mass is 9.73. The standard InChI is InChI=1S/C31H31ClN2O6/c1-3-30-14-9-17-39-29(38)24(30)23-27(36)34(22(18-35)20-11-5-4-6-12-20)26-28(37)33(16-8-15-31(23,26)40-30)25-19(2)10-7-13-21(25)32/h4-15,22-24,26,35H,3,16-18H2,1-2H3/t22-,23+,24+,26?,30-,31+/m1/s1. The third-order valence-corrected chi connectivity index (χ3v) is 9.09. The van der Waals surface area contributed by atoms with Gasteiger partial charge in [-0.3, -0.25) is 14.4 Å². The van der Waals surface area contributed by atoms with Crippen LogP contribution in [0.15, 0.2) is 72.8 Å². The number of esters is 1. The fourth-order valence-electron chi connectivity index (χ4n) is 7.07. The molecule has 1 spiro atoms. The number of aliphatic hydroxyl groups excluding tert-OH is 1. The molecule has 4 aliphatic rings. The Labute approximate surface area is 237 Å². The summed E-state index contributed by atoms with van der Waals surface area (Å²) < 4.78 is 12.4. The maximum absolute atomic E-state index is 14.8. The summed E-state index contributed by atoms with van der Waals surface area (Å²) in [5.41, 5.74) is -0.584. The number of anilines is 1. The van der Waals surface area contributed by atoms with Crippen molar-refractivity contribution in [2.75, 3.05) is 24.7 Å². The van der Waals surface area contributed by atoms with E-state index in [0.717, 1.165) is 5.56 Å². The first-order valence-corrected chi connectivity index (χ1v) is 13.9. The smallest absolute Gasteiger partial charge is 0.313 e. The van der Waals surface area contributed by atoms with Crippen molar-refractivity contribution in [2.24, 2.45) is 11.8 Å². The SMILES string of the molecule is CC[C@@]12C=CCOC(=O)[C@@H]1[C@H]1C(=O)N([C@H](CO)c3ccccc3)C3C(=O)N(c4c(C)cccc4Cl)CC=C[C@@]31O2. The summed E-state index contributed by atoms with van der Waals surface area (Å²) in [6.07, 6.45) is 7.53. The number of fused-ring (bicyclic) bond motifs is 2. The first kappa shape index (κ1) is 26.7. The molecule has 6 rings (SSSR count). The van der Waals surface area contributed by atoms with E-state index in [2.05, 4.69) is 0 Å². The minimum absolute atomic E-state index is 0.0824.